The lowest BCUT2D eigenvalue weighted by atomic mass is 9.94. The SMILES string of the molecule is O/C(=C(\Cc1csc(Cl)c1)C(O)c1cccnc1)c1ccc(Cl)cc1. The third-order valence-electron chi connectivity index (χ3n) is 3.77. The highest BCUT2D eigenvalue weighted by Crippen LogP contribution is 2.32. The number of thiophene rings is 1. The Kier molecular flexibility index (Phi) is 5.76. The van der Waals surface area contributed by atoms with Gasteiger partial charge in [-0.1, -0.05) is 29.3 Å². The van der Waals surface area contributed by atoms with Crippen LogP contribution in [0.4, 0.5) is 0 Å². The second-order valence-corrected chi connectivity index (χ2v) is 7.48. The summed E-state index contributed by atoms with van der Waals surface area (Å²) in [6, 6.07) is 12.2. The first kappa shape index (κ1) is 18.0. The van der Waals surface area contributed by atoms with Gasteiger partial charge in [0.05, 0.1) is 4.34 Å². The smallest absolute Gasteiger partial charge is 0.125 e. The molecule has 0 aliphatic heterocycles. The molecule has 1 unspecified atom stereocenters. The Labute approximate surface area is 159 Å². The van der Waals surface area contributed by atoms with E-state index in [4.69, 9.17) is 23.2 Å². The van der Waals surface area contributed by atoms with E-state index in [1.807, 2.05) is 11.4 Å². The number of rotatable bonds is 5. The van der Waals surface area contributed by atoms with E-state index in [1.54, 1.807) is 48.8 Å². The van der Waals surface area contributed by atoms with Gasteiger partial charge in [0.2, 0.25) is 0 Å². The van der Waals surface area contributed by atoms with E-state index in [1.165, 1.54) is 11.3 Å². The highest BCUT2D eigenvalue weighted by molar-refractivity contribution is 7.14. The molecule has 0 bridgehead atoms. The lowest BCUT2D eigenvalue weighted by molar-refractivity contribution is 0.210. The largest absolute Gasteiger partial charge is 0.507 e. The highest BCUT2D eigenvalue weighted by Gasteiger charge is 2.20. The molecule has 0 fully saturated rings. The van der Waals surface area contributed by atoms with Crippen LogP contribution in [0.1, 0.15) is 22.8 Å². The molecule has 0 radical (unpaired) electrons. The quantitative estimate of drug-likeness (QED) is 0.548. The zero-order chi connectivity index (χ0) is 17.8. The monoisotopic (exact) mass is 391 g/mol. The molecule has 25 heavy (non-hydrogen) atoms. The van der Waals surface area contributed by atoms with Gasteiger partial charge in [0, 0.05) is 40.5 Å². The molecule has 0 spiro atoms. The van der Waals surface area contributed by atoms with E-state index < -0.39 is 6.10 Å². The molecule has 1 atom stereocenters. The van der Waals surface area contributed by atoms with Gasteiger partial charge in [0.1, 0.15) is 11.9 Å². The van der Waals surface area contributed by atoms with Crippen LogP contribution in [0.25, 0.3) is 5.76 Å². The minimum absolute atomic E-state index is 0.0235. The summed E-state index contributed by atoms with van der Waals surface area (Å²) in [4.78, 5) is 4.04. The van der Waals surface area contributed by atoms with Crippen LogP contribution in [0.2, 0.25) is 9.36 Å². The number of nitrogens with zero attached hydrogens (tertiary/aromatic N) is 1. The highest BCUT2D eigenvalue weighted by atomic mass is 35.5. The number of benzene rings is 1. The number of halogens is 2. The maximum absolute atomic E-state index is 10.8. The maximum atomic E-state index is 10.8. The summed E-state index contributed by atoms with van der Waals surface area (Å²) in [7, 11) is 0. The van der Waals surface area contributed by atoms with Crippen LogP contribution in [0, 0.1) is 0 Å². The fourth-order valence-corrected chi connectivity index (χ4v) is 3.53. The molecule has 2 N–H and O–H groups in total. The number of aliphatic hydroxyl groups is 2. The van der Waals surface area contributed by atoms with E-state index in [2.05, 4.69) is 4.98 Å². The summed E-state index contributed by atoms with van der Waals surface area (Å²) in [5.74, 6) is 0.0235. The summed E-state index contributed by atoms with van der Waals surface area (Å²) < 4.78 is 0.663. The van der Waals surface area contributed by atoms with Crippen molar-refractivity contribution in [1.29, 1.82) is 0 Å². The van der Waals surface area contributed by atoms with Crippen molar-refractivity contribution in [2.45, 2.75) is 12.5 Å². The third kappa shape index (κ3) is 4.41. The zero-order valence-electron chi connectivity index (χ0n) is 13.1. The van der Waals surface area contributed by atoms with Crippen LogP contribution in [-0.2, 0) is 6.42 Å². The molecule has 3 rings (SSSR count). The number of hydrogen-bond acceptors (Lipinski definition) is 4. The summed E-state index contributed by atoms with van der Waals surface area (Å²) in [6.07, 6.45) is 2.61. The van der Waals surface area contributed by atoms with Gasteiger partial charge in [-0.15, -0.1) is 11.3 Å². The number of pyridine rings is 1. The van der Waals surface area contributed by atoms with Gasteiger partial charge in [-0.3, -0.25) is 4.98 Å². The van der Waals surface area contributed by atoms with Gasteiger partial charge in [0.25, 0.3) is 0 Å². The van der Waals surface area contributed by atoms with E-state index in [-0.39, 0.29) is 5.76 Å². The van der Waals surface area contributed by atoms with Crippen molar-refractivity contribution < 1.29 is 10.2 Å². The van der Waals surface area contributed by atoms with Crippen LogP contribution < -0.4 is 0 Å². The lowest BCUT2D eigenvalue weighted by Crippen LogP contribution is -2.08. The predicted octanol–water partition coefficient (Wildman–Crippen LogP) is 5.70. The molecule has 0 amide bonds. The Balaban J connectivity index is 2.04. The predicted molar refractivity (Wildman–Crippen MR) is 103 cm³/mol. The van der Waals surface area contributed by atoms with Gasteiger partial charge in [-0.05, 0) is 47.3 Å². The van der Waals surface area contributed by atoms with Crippen LogP contribution in [0.3, 0.4) is 0 Å². The van der Waals surface area contributed by atoms with Gasteiger partial charge in [0.15, 0.2) is 0 Å². The standard InChI is InChI=1S/C19H15Cl2NO2S/c20-15-5-3-13(4-6-15)18(23)16(8-12-9-17(21)25-11-12)19(24)14-2-1-7-22-10-14/h1-7,9-11,19,23-24H,8H2/b18-16+. The fourth-order valence-electron chi connectivity index (χ4n) is 2.50. The molecule has 0 aliphatic rings. The zero-order valence-corrected chi connectivity index (χ0v) is 15.4. The van der Waals surface area contributed by atoms with Crippen LogP contribution in [0.15, 0.2) is 65.8 Å². The van der Waals surface area contributed by atoms with Crippen molar-refractivity contribution in [1.82, 2.24) is 4.98 Å². The van der Waals surface area contributed by atoms with Crippen molar-refractivity contribution in [3.8, 4) is 0 Å². The average Bonchev–Trinajstić information content (AvgIpc) is 3.05. The fraction of sp³-hybridized carbons (Fsp3) is 0.105. The second-order valence-electron chi connectivity index (χ2n) is 5.51. The Morgan fingerprint density at radius 1 is 1.16 bits per heavy atom. The molecule has 128 valence electrons. The van der Waals surface area contributed by atoms with Crippen LogP contribution in [-0.4, -0.2) is 15.2 Å². The summed E-state index contributed by atoms with van der Waals surface area (Å²) in [5.41, 5.74) is 2.60. The van der Waals surface area contributed by atoms with E-state index in [0.717, 1.165) is 5.56 Å². The molecule has 0 aliphatic carbocycles. The summed E-state index contributed by atoms with van der Waals surface area (Å²) in [5, 5.41) is 24.1. The van der Waals surface area contributed by atoms with Gasteiger partial charge >= 0.3 is 0 Å². The van der Waals surface area contributed by atoms with Crippen molar-refractivity contribution >= 4 is 40.3 Å². The Morgan fingerprint density at radius 2 is 1.92 bits per heavy atom. The van der Waals surface area contributed by atoms with E-state index in [9.17, 15) is 10.2 Å². The number of hydrogen-bond donors (Lipinski definition) is 2. The molecular formula is C19H15Cl2NO2S. The molecule has 3 aromatic rings. The van der Waals surface area contributed by atoms with E-state index in [0.29, 0.717) is 32.5 Å². The topological polar surface area (TPSA) is 53.4 Å². The molecule has 0 saturated carbocycles. The van der Waals surface area contributed by atoms with Gasteiger partial charge in [-0.2, -0.15) is 0 Å². The Hall–Kier alpha value is -1.85. The van der Waals surface area contributed by atoms with Gasteiger partial charge < -0.3 is 10.2 Å². The number of aliphatic hydroxyl groups excluding tert-OH is 2. The first-order valence-electron chi connectivity index (χ1n) is 7.53. The second kappa shape index (κ2) is 8.02. The average molecular weight is 392 g/mol. The molecule has 2 aromatic heterocycles. The lowest BCUT2D eigenvalue weighted by Gasteiger charge is -2.17. The molecule has 0 saturated heterocycles. The van der Waals surface area contributed by atoms with E-state index >= 15 is 0 Å². The first-order valence-corrected chi connectivity index (χ1v) is 9.17. The van der Waals surface area contributed by atoms with Crippen LogP contribution >= 0.6 is 34.5 Å². The third-order valence-corrected chi connectivity index (χ3v) is 5.16. The summed E-state index contributed by atoms with van der Waals surface area (Å²) in [6.45, 7) is 0. The summed E-state index contributed by atoms with van der Waals surface area (Å²) >= 11 is 13.3. The minimum Gasteiger partial charge on any atom is -0.507 e. The first-order chi connectivity index (χ1) is 12.0. The van der Waals surface area contributed by atoms with Gasteiger partial charge in [-0.25, -0.2) is 0 Å². The Morgan fingerprint density at radius 3 is 2.52 bits per heavy atom. The maximum Gasteiger partial charge on any atom is 0.125 e. The van der Waals surface area contributed by atoms with Crippen molar-refractivity contribution in [2.75, 3.05) is 0 Å². The molecule has 6 heteroatoms. The molecule has 1 aromatic carbocycles. The molecule has 2 heterocycles. The van der Waals surface area contributed by atoms with Crippen molar-refractivity contribution in [2.24, 2.45) is 0 Å². The molecular weight excluding hydrogens is 377 g/mol. The Bertz CT molecular complexity index is 876. The number of aromatic nitrogens is 1. The van der Waals surface area contributed by atoms with Crippen molar-refractivity contribution in [3.63, 3.8) is 0 Å². The normalized spacial score (nSPS) is 13.4. The molecule has 3 nitrogen and oxygen atoms in total. The van der Waals surface area contributed by atoms with Crippen molar-refractivity contribution in [3.05, 3.63) is 91.9 Å². The van der Waals surface area contributed by atoms with Crippen LogP contribution in [0.5, 0.6) is 0 Å². The minimum atomic E-state index is -0.983.